The maximum atomic E-state index is 12.7. The van der Waals surface area contributed by atoms with Crippen LogP contribution < -0.4 is 0 Å². The van der Waals surface area contributed by atoms with Gasteiger partial charge in [-0.1, -0.05) is 25.1 Å². The number of aryl methyl sites for hydroxylation is 1. The highest BCUT2D eigenvalue weighted by atomic mass is 32.1. The lowest BCUT2D eigenvalue weighted by Gasteiger charge is -2.16. The van der Waals surface area contributed by atoms with E-state index in [1.807, 2.05) is 30.6 Å². The van der Waals surface area contributed by atoms with Gasteiger partial charge in [-0.15, -0.1) is 11.3 Å². The topological polar surface area (TPSA) is 49.0 Å². The number of thiazole rings is 1. The summed E-state index contributed by atoms with van der Waals surface area (Å²) >= 11 is 1.54. The first-order chi connectivity index (χ1) is 10.2. The van der Waals surface area contributed by atoms with E-state index in [0.717, 1.165) is 28.6 Å². The number of fused-ring (bicyclic) bond motifs is 1. The molecule has 0 aliphatic rings. The maximum Gasteiger partial charge on any atom is 0.270 e. The van der Waals surface area contributed by atoms with Crippen LogP contribution >= 0.6 is 11.3 Å². The molecule has 5 heteroatoms. The third-order valence-electron chi connectivity index (χ3n) is 3.61. The van der Waals surface area contributed by atoms with Gasteiger partial charge in [0.2, 0.25) is 0 Å². The fourth-order valence-electron chi connectivity index (χ4n) is 2.57. The zero-order valence-electron chi connectivity index (χ0n) is 12.1. The molecular weight excluding hydrogens is 282 g/mol. The van der Waals surface area contributed by atoms with Crippen molar-refractivity contribution < 1.29 is 4.79 Å². The third-order valence-corrected chi connectivity index (χ3v) is 4.25. The van der Waals surface area contributed by atoms with Gasteiger partial charge in [-0.25, -0.2) is 4.98 Å². The second kappa shape index (κ2) is 5.69. The second-order valence-electron chi connectivity index (χ2n) is 5.02. The molecule has 21 heavy (non-hydrogen) atoms. The Morgan fingerprint density at radius 2 is 2.19 bits per heavy atom. The summed E-state index contributed by atoms with van der Waals surface area (Å²) in [7, 11) is 1.81. The van der Waals surface area contributed by atoms with Crippen LogP contribution in [0, 0.1) is 0 Å². The van der Waals surface area contributed by atoms with Crippen molar-refractivity contribution in [2.75, 3.05) is 7.05 Å². The number of amides is 1. The fraction of sp³-hybridized carbons (Fsp3) is 0.250. The SMILES string of the molecule is CCc1c(C(=O)N(C)Cc2cscn2)[nH]c2ccccc12. The van der Waals surface area contributed by atoms with Crippen molar-refractivity contribution in [1.82, 2.24) is 14.9 Å². The summed E-state index contributed by atoms with van der Waals surface area (Å²) in [6.07, 6.45) is 0.829. The molecule has 1 amide bonds. The molecule has 3 aromatic rings. The summed E-state index contributed by atoms with van der Waals surface area (Å²) in [6.45, 7) is 2.60. The lowest BCUT2D eigenvalue weighted by atomic mass is 10.1. The number of hydrogen-bond donors (Lipinski definition) is 1. The van der Waals surface area contributed by atoms with Crippen molar-refractivity contribution in [3.8, 4) is 0 Å². The molecule has 0 spiro atoms. The molecule has 0 fully saturated rings. The number of nitrogens with one attached hydrogen (secondary N) is 1. The first-order valence-corrected chi connectivity index (χ1v) is 7.87. The van der Waals surface area contributed by atoms with Crippen molar-refractivity contribution >= 4 is 28.1 Å². The van der Waals surface area contributed by atoms with Gasteiger partial charge in [-0.3, -0.25) is 4.79 Å². The van der Waals surface area contributed by atoms with Crippen molar-refractivity contribution in [3.05, 3.63) is 52.1 Å². The molecule has 0 aliphatic carbocycles. The highest BCUT2D eigenvalue weighted by molar-refractivity contribution is 7.07. The van der Waals surface area contributed by atoms with Gasteiger partial charge >= 0.3 is 0 Å². The van der Waals surface area contributed by atoms with E-state index in [4.69, 9.17) is 0 Å². The van der Waals surface area contributed by atoms with Crippen LogP contribution in [0.15, 0.2) is 35.2 Å². The quantitative estimate of drug-likeness (QED) is 0.802. The Kier molecular flexibility index (Phi) is 3.75. The van der Waals surface area contributed by atoms with E-state index < -0.39 is 0 Å². The Morgan fingerprint density at radius 1 is 1.38 bits per heavy atom. The van der Waals surface area contributed by atoms with Gasteiger partial charge in [-0.2, -0.15) is 0 Å². The van der Waals surface area contributed by atoms with Gasteiger partial charge in [0, 0.05) is 23.3 Å². The summed E-state index contributed by atoms with van der Waals surface area (Å²) in [5.74, 6) is 0.0102. The molecule has 0 bridgehead atoms. The van der Waals surface area contributed by atoms with Crippen LogP contribution in [-0.4, -0.2) is 27.8 Å². The average Bonchev–Trinajstić information content (AvgIpc) is 3.12. The number of aromatic amines is 1. The highest BCUT2D eigenvalue weighted by Gasteiger charge is 2.20. The summed E-state index contributed by atoms with van der Waals surface area (Å²) in [5.41, 5.74) is 5.50. The monoisotopic (exact) mass is 299 g/mol. The number of nitrogens with zero attached hydrogens (tertiary/aromatic N) is 2. The molecule has 2 aromatic heterocycles. The van der Waals surface area contributed by atoms with E-state index in [1.165, 1.54) is 0 Å². The van der Waals surface area contributed by atoms with Gasteiger partial charge in [-0.05, 0) is 18.1 Å². The molecule has 2 heterocycles. The van der Waals surface area contributed by atoms with E-state index >= 15 is 0 Å². The van der Waals surface area contributed by atoms with Gasteiger partial charge in [0.1, 0.15) is 5.69 Å². The molecule has 1 aromatic carbocycles. The summed E-state index contributed by atoms with van der Waals surface area (Å²) in [5, 5.41) is 3.10. The van der Waals surface area contributed by atoms with E-state index in [1.54, 1.807) is 21.7 Å². The van der Waals surface area contributed by atoms with Crippen molar-refractivity contribution in [2.24, 2.45) is 0 Å². The van der Waals surface area contributed by atoms with Crippen LogP contribution in [0.4, 0.5) is 0 Å². The Bertz CT molecular complexity index is 761. The first-order valence-electron chi connectivity index (χ1n) is 6.92. The standard InChI is InChI=1S/C16H17N3OS/c1-3-12-13-6-4-5-7-14(13)18-15(12)16(20)19(2)8-11-9-21-10-17-11/h4-7,9-10,18H,3,8H2,1-2H3. The number of carbonyl (C=O) groups excluding carboxylic acids is 1. The minimum atomic E-state index is 0.0102. The lowest BCUT2D eigenvalue weighted by Crippen LogP contribution is -2.27. The van der Waals surface area contributed by atoms with Crippen molar-refractivity contribution in [1.29, 1.82) is 0 Å². The molecule has 4 nitrogen and oxygen atoms in total. The molecule has 0 saturated carbocycles. The normalized spacial score (nSPS) is 11.0. The van der Waals surface area contributed by atoms with Gasteiger partial charge in [0.25, 0.3) is 5.91 Å². The highest BCUT2D eigenvalue weighted by Crippen LogP contribution is 2.24. The van der Waals surface area contributed by atoms with E-state index in [2.05, 4.69) is 23.0 Å². The molecule has 0 aliphatic heterocycles. The molecular formula is C16H17N3OS. The largest absolute Gasteiger partial charge is 0.350 e. The Hall–Kier alpha value is -2.14. The number of hydrogen-bond acceptors (Lipinski definition) is 3. The Morgan fingerprint density at radius 3 is 2.90 bits per heavy atom. The number of benzene rings is 1. The summed E-state index contributed by atoms with van der Waals surface area (Å²) < 4.78 is 0. The first kappa shape index (κ1) is 13.8. The van der Waals surface area contributed by atoms with E-state index in [9.17, 15) is 4.79 Å². The van der Waals surface area contributed by atoms with Crippen LogP contribution in [0.5, 0.6) is 0 Å². The number of rotatable bonds is 4. The third kappa shape index (κ3) is 2.56. The van der Waals surface area contributed by atoms with Gasteiger partial charge in [0.05, 0.1) is 17.7 Å². The van der Waals surface area contributed by atoms with Crippen LogP contribution in [0.25, 0.3) is 10.9 Å². The minimum absolute atomic E-state index is 0.0102. The van der Waals surface area contributed by atoms with Crippen molar-refractivity contribution in [3.63, 3.8) is 0 Å². The van der Waals surface area contributed by atoms with Crippen LogP contribution in [0.2, 0.25) is 0 Å². The van der Waals surface area contributed by atoms with Crippen LogP contribution in [0.3, 0.4) is 0 Å². The van der Waals surface area contributed by atoms with Gasteiger partial charge < -0.3 is 9.88 Å². The Balaban J connectivity index is 1.93. The predicted molar refractivity (Wildman–Crippen MR) is 85.6 cm³/mol. The fourth-order valence-corrected chi connectivity index (χ4v) is 3.12. The van der Waals surface area contributed by atoms with Crippen molar-refractivity contribution in [2.45, 2.75) is 19.9 Å². The number of carbonyl (C=O) groups is 1. The van der Waals surface area contributed by atoms with Gasteiger partial charge in [0.15, 0.2) is 0 Å². The molecule has 1 N–H and O–H groups in total. The molecule has 108 valence electrons. The summed E-state index contributed by atoms with van der Waals surface area (Å²) in [6, 6.07) is 8.04. The molecule has 0 radical (unpaired) electrons. The molecule has 0 saturated heterocycles. The Labute approximate surface area is 127 Å². The zero-order valence-corrected chi connectivity index (χ0v) is 12.9. The van der Waals surface area contributed by atoms with Crippen LogP contribution in [-0.2, 0) is 13.0 Å². The second-order valence-corrected chi connectivity index (χ2v) is 5.74. The minimum Gasteiger partial charge on any atom is -0.350 e. The lowest BCUT2D eigenvalue weighted by molar-refractivity contribution is 0.0777. The number of para-hydroxylation sites is 1. The zero-order chi connectivity index (χ0) is 14.8. The van der Waals surface area contributed by atoms with Crippen LogP contribution in [0.1, 0.15) is 28.7 Å². The maximum absolute atomic E-state index is 12.7. The van der Waals surface area contributed by atoms with E-state index in [0.29, 0.717) is 12.2 Å². The molecule has 3 rings (SSSR count). The number of aromatic nitrogens is 2. The predicted octanol–water partition coefficient (Wildman–Crippen LogP) is 3.46. The average molecular weight is 299 g/mol. The molecule has 0 atom stereocenters. The molecule has 0 unspecified atom stereocenters. The smallest absolute Gasteiger partial charge is 0.270 e. The number of H-pyrrole nitrogens is 1. The van der Waals surface area contributed by atoms with E-state index in [-0.39, 0.29) is 5.91 Å². The summed E-state index contributed by atoms with van der Waals surface area (Å²) in [4.78, 5) is 21.9.